The van der Waals surface area contributed by atoms with Crippen LogP contribution in [0, 0.1) is 0 Å². The van der Waals surface area contributed by atoms with Crippen LogP contribution < -0.4 is 5.32 Å². The second-order valence-corrected chi connectivity index (χ2v) is 8.41. The number of hydrogen-bond donors (Lipinski definition) is 1. The van der Waals surface area contributed by atoms with E-state index in [0.717, 1.165) is 23.6 Å². The molecule has 3 aromatic carbocycles. The van der Waals surface area contributed by atoms with Crippen LogP contribution in [0.15, 0.2) is 78.3 Å². The molecule has 0 radical (unpaired) electrons. The summed E-state index contributed by atoms with van der Waals surface area (Å²) in [5.74, 6) is 0.400. The summed E-state index contributed by atoms with van der Waals surface area (Å²) in [6, 6.07) is 21.4. The minimum atomic E-state index is -0.204. The lowest BCUT2D eigenvalue weighted by Gasteiger charge is -2.28. The third-order valence-electron chi connectivity index (χ3n) is 5.75. The van der Waals surface area contributed by atoms with Gasteiger partial charge in [0.05, 0.1) is 5.69 Å². The summed E-state index contributed by atoms with van der Waals surface area (Å²) in [6.45, 7) is 15.7. The first-order valence-electron chi connectivity index (χ1n) is 10.4. The number of para-hydroxylation sites is 1. The van der Waals surface area contributed by atoms with E-state index in [9.17, 15) is 0 Å². The molecule has 0 amide bonds. The maximum absolute atomic E-state index is 5.17. The number of anilines is 1. The van der Waals surface area contributed by atoms with Gasteiger partial charge in [-0.15, -0.1) is 6.58 Å². The van der Waals surface area contributed by atoms with Crippen molar-refractivity contribution in [2.24, 2.45) is 4.99 Å². The molecule has 0 atom stereocenters. The molecule has 0 aliphatic heterocycles. The zero-order valence-electron chi connectivity index (χ0n) is 18.3. The van der Waals surface area contributed by atoms with Crippen LogP contribution in [0.4, 0.5) is 11.4 Å². The van der Waals surface area contributed by atoms with Crippen molar-refractivity contribution in [1.29, 1.82) is 0 Å². The van der Waals surface area contributed by atoms with E-state index in [1.165, 1.54) is 21.9 Å². The van der Waals surface area contributed by atoms with E-state index in [2.05, 4.69) is 107 Å². The molecule has 0 spiro atoms. The second kappa shape index (κ2) is 8.65. The van der Waals surface area contributed by atoms with Crippen molar-refractivity contribution in [3.05, 3.63) is 84.4 Å². The van der Waals surface area contributed by atoms with E-state index in [0.29, 0.717) is 5.92 Å². The highest BCUT2D eigenvalue weighted by Crippen LogP contribution is 2.37. The first kappa shape index (κ1) is 20.9. The molecule has 0 bridgehead atoms. The Morgan fingerprint density at radius 1 is 1.03 bits per heavy atom. The molecule has 0 unspecified atom stereocenters. The van der Waals surface area contributed by atoms with Crippen LogP contribution in [0.3, 0.4) is 0 Å². The zero-order valence-corrected chi connectivity index (χ0v) is 18.3. The van der Waals surface area contributed by atoms with Gasteiger partial charge in [-0.1, -0.05) is 82.3 Å². The van der Waals surface area contributed by atoms with Crippen LogP contribution in [0.5, 0.6) is 0 Å². The molecule has 3 rings (SSSR count). The van der Waals surface area contributed by atoms with Gasteiger partial charge in [-0.3, -0.25) is 4.99 Å². The van der Waals surface area contributed by atoms with Gasteiger partial charge >= 0.3 is 0 Å². The summed E-state index contributed by atoms with van der Waals surface area (Å²) in [5, 5.41) is 6.03. The predicted octanol–water partition coefficient (Wildman–Crippen LogP) is 7.63. The van der Waals surface area contributed by atoms with Gasteiger partial charge in [-0.05, 0) is 46.9 Å². The summed E-state index contributed by atoms with van der Waals surface area (Å²) in [4.78, 5) is 5.17. The van der Waals surface area contributed by atoms with Crippen molar-refractivity contribution >= 4 is 27.9 Å². The van der Waals surface area contributed by atoms with Gasteiger partial charge in [0.1, 0.15) is 0 Å². The Morgan fingerprint density at radius 3 is 2.45 bits per heavy atom. The second-order valence-electron chi connectivity index (χ2n) is 8.41. The first-order valence-corrected chi connectivity index (χ1v) is 10.4. The molecular weight excluding hydrogens is 352 g/mol. The van der Waals surface area contributed by atoms with Crippen LogP contribution in [0.1, 0.15) is 51.7 Å². The first-order chi connectivity index (χ1) is 13.9. The minimum absolute atomic E-state index is 0.204. The van der Waals surface area contributed by atoms with Crippen LogP contribution >= 0.6 is 0 Å². The van der Waals surface area contributed by atoms with E-state index < -0.39 is 0 Å². The van der Waals surface area contributed by atoms with E-state index >= 15 is 0 Å². The Morgan fingerprint density at radius 2 is 1.72 bits per heavy atom. The number of nitrogens with zero attached hydrogens (tertiary/aromatic N) is 1. The molecule has 0 aliphatic rings. The molecule has 0 saturated carbocycles. The van der Waals surface area contributed by atoms with Crippen LogP contribution in [0.25, 0.3) is 10.8 Å². The summed E-state index contributed by atoms with van der Waals surface area (Å²) >= 11 is 0. The highest BCUT2D eigenvalue weighted by Gasteiger charge is 2.27. The lowest BCUT2D eigenvalue weighted by molar-refractivity contribution is 0.715. The summed E-state index contributed by atoms with van der Waals surface area (Å²) in [7, 11) is 0. The van der Waals surface area contributed by atoms with E-state index in [1.54, 1.807) is 0 Å². The average molecular weight is 385 g/mol. The maximum Gasteiger partial charge on any atom is 0.0670 e. The summed E-state index contributed by atoms with van der Waals surface area (Å²) in [5.41, 5.74) is 5.66. The Labute approximate surface area is 175 Å². The van der Waals surface area contributed by atoms with Crippen LogP contribution in [0.2, 0.25) is 0 Å². The largest absolute Gasteiger partial charge is 0.381 e. The summed E-state index contributed by atoms with van der Waals surface area (Å²) in [6.07, 6.45) is 1.88. The average Bonchev–Trinajstić information content (AvgIpc) is 2.71. The van der Waals surface area contributed by atoms with Gasteiger partial charge in [0.25, 0.3) is 0 Å². The number of fused-ring (bicyclic) bond motifs is 1. The molecular formula is C27H32N2. The van der Waals surface area contributed by atoms with Crippen molar-refractivity contribution in [2.45, 2.75) is 46.0 Å². The molecule has 0 aromatic heterocycles. The lowest BCUT2D eigenvalue weighted by Crippen LogP contribution is -2.28. The Kier molecular flexibility index (Phi) is 6.22. The standard InChI is InChI=1S/C27H32N2/c1-7-18-28-24-15-11-10-14-23(24)27(5,6)20(4)29-25-17-16-21-12-8-9-13-22(21)26(25)19(2)3/h7-17,19,28H,1,18H2,2-6H3/b29-20-. The SMILES string of the molecule is C=CCNc1ccccc1C(C)(C)/C(C)=N\c1ccc2ccccc2c1C(C)C. The monoisotopic (exact) mass is 384 g/mol. The van der Waals surface area contributed by atoms with Gasteiger partial charge in [0.15, 0.2) is 0 Å². The Bertz CT molecular complexity index is 1040. The Hall–Kier alpha value is -2.87. The molecule has 0 saturated heterocycles. The third-order valence-corrected chi connectivity index (χ3v) is 5.75. The number of hydrogen-bond acceptors (Lipinski definition) is 2. The zero-order chi connectivity index (χ0) is 21.0. The molecule has 3 aromatic rings. The molecule has 0 heterocycles. The van der Waals surface area contributed by atoms with Crippen LogP contribution in [-0.4, -0.2) is 12.3 Å². The molecule has 150 valence electrons. The molecule has 0 fully saturated rings. The smallest absolute Gasteiger partial charge is 0.0670 e. The predicted molar refractivity (Wildman–Crippen MR) is 129 cm³/mol. The molecule has 2 nitrogen and oxygen atoms in total. The van der Waals surface area contributed by atoms with Gasteiger partial charge in [0, 0.05) is 23.4 Å². The molecule has 1 N–H and O–H groups in total. The normalized spacial score (nSPS) is 12.4. The van der Waals surface area contributed by atoms with Gasteiger partial charge in [-0.25, -0.2) is 0 Å². The fourth-order valence-corrected chi connectivity index (χ4v) is 3.87. The van der Waals surface area contributed by atoms with E-state index in [4.69, 9.17) is 4.99 Å². The highest BCUT2D eigenvalue weighted by atomic mass is 14.9. The lowest BCUT2D eigenvalue weighted by atomic mass is 9.79. The van der Waals surface area contributed by atoms with Gasteiger partial charge in [-0.2, -0.15) is 0 Å². The van der Waals surface area contributed by atoms with Crippen molar-refractivity contribution in [2.75, 3.05) is 11.9 Å². The van der Waals surface area contributed by atoms with Gasteiger partial charge < -0.3 is 5.32 Å². The quantitative estimate of drug-likeness (QED) is 0.328. The van der Waals surface area contributed by atoms with Crippen molar-refractivity contribution in [3.8, 4) is 0 Å². The summed E-state index contributed by atoms with van der Waals surface area (Å²) < 4.78 is 0. The topological polar surface area (TPSA) is 24.4 Å². The third kappa shape index (κ3) is 4.27. The highest BCUT2D eigenvalue weighted by molar-refractivity contribution is 5.97. The van der Waals surface area contributed by atoms with Crippen LogP contribution in [-0.2, 0) is 5.41 Å². The fourth-order valence-electron chi connectivity index (χ4n) is 3.87. The minimum Gasteiger partial charge on any atom is -0.381 e. The Balaban J connectivity index is 2.10. The number of aliphatic imine (C=N–C) groups is 1. The molecule has 2 heteroatoms. The number of rotatable bonds is 7. The maximum atomic E-state index is 5.17. The molecule has 29 heavy (non-hydrogen) atoms. The van der Waals surface area contributed by atoms with E-state index in [1.807, 2.05) is 6.08 Å². The van der Waals surface area contributed by atoms with Gasteiger partial charge in [0.2, 0.25) is 0 Å². The fraction of sp³-hybridized carbons (Fsp3) is 0.296. The number of nitrogens with one attached hydrogen (secondary N) is 1. The van der Waals surface area contributed by atoms with Crippen molar-refractivity contribution in [1.82, 2.24) is 0 Å². The van der Waals surface area contributed by atoms with E-state index in [-0.39, 0.29) is 5.41 Å². The molecule has 0 aliphatic carbocycles. The van der Waals surface area contributed by atoms with Crippen molar-refractivity contribution < 1.29 is 0 Å². The number of benzene rings is 3. The van der Waals surface area contributed by atoms with Crippen molar-refractivity contribution in [3.63, 3.8) is 0 Å².